The molecule has 2 heteroatoms. The Morgan fingerprint density at radius 1 is 1.53 bits per heavy atom. The van der Waals surface area contributed by atoms with Gasteiger partial charge < -0.3 is 10.4 Å². The minimum Gasteiger partial charge on any atom is -0.512 e. The predicted molar refractivity (Wildman–Crippen MR) is 65.6 cm³/mol. The maximum atomic E-state index is 9.26. The van der Waals surface area contributed by atoms with Gasteiger partial charge in [-0.15, -0.1) is 12.8 Å². The van der Waals surface area contributed by atoms with Crippen molar-refractivity contribution in [1.29, 1.82) is 0 Å². The summed E-state index contributed by atoms with van der Waals surface area (Å²) >= 11 is 0. The first kappa shape index (κ1) is 13.5. The second kappa shape index (κ2) is 9.11. The maximum absolute atomic E-state index is 9.26. The molecule has 0 spiro atoms. The Hall–Kier alpha value is -1.46. The molecule has 2 nitrogen and oxygen atoms in total. The van der Waals surface area contributed by atoms with Gasteiger partial charge >= 0.3 is 0 Å². The summed E-state index contributed by atoms with van der Waals surface area (Å²) < 4.78 is 0. The summed E-state index contributed by atoms with van der Waals surface area (Å²) in [6.45, 7) is 3.74. The first-order valence-corrected chi connectivity index (χ1v) is 5.06. The van der Waals surface area contributed by atoms with Gasteiger partial charge in [-0.05, 0) is 25.0 Å². The van der Waals surface area contributed by atoms with E-state index in [1.807, 2.05) is 19.1 Å². The van der Waals surface area contributed by atoms with Gasteiger partial charge in [0.15, 0.2) is 0 Å². The molecule has 1 aliphatic rings. The number of nitrogens with one attached hydrogen (secondary N) is 1. The molecular formula is C13H19NO. The van der Waals surface area contributed by atoms with Crippen LogP contribution in [-0.2, 0) is 0 Å². The fourth-order valence-electron chi connectivity index (χ4n) is 1.29. The molecule has 0 amide bonds. The van der Waals surface area contributed by atoms with E-state index in [1.54, 1.807) is 0 Å². The summed E-state index contributed by atoms with van der Waals surface area (Å²) in [5.41, 5.74) is 1.19. The highest BCUT2D eigenvalue weighted by molar-refractivity contribution is 5.25. The second-order valence-electron chi connectivity index (χ2n) is 3.15. The van der Waals surface area contributed by atoms with Crippen molar-refractivity contribution < 1.29 is 5.11 Å². The standard InChI is InChI=1S/C11H17NO.C2H2/c1-2-3-7-12-9-10-5-4-6-11(13)8-10;1-2/h2-3,5,8,12-13H,4,6-7,9H2,1H3;1-2H/b3-2+;. The minimum absolute atomic E-state index is 0.505. The number of terminal acetylenes is 1. The van der Waals surface area contributed by atoms with Gasteiger partial charge in [-0.2, -0.15) is 0 Å². The smallest absolute Gasteiger partial charge is 0.0928 e. The molecular weight excluding hydrogens is 186 g/mol. The maximum Gasteiger partial charge on any atom is 0.0928 e. The van der Waals surface area contributed by atoms with Crippen LogP contribution in [0.15, 0.2) is 35.6 Å². The van der Waals surface area contributed by atoms with Crippen LogP contribution in [0.1, 0.15) is 19.8 Å². The van der Waals surface area contributed by atoms with Crippen LogP contribution in [0.25, 0.3) is 0 Å². The third kappa shape index (κ3) is 6.59. The molecule has 82 valence electrons. The van der Waals surface area contributed by atoms with Gasteiger partial charge in [-0.1, -0.05) is 18.2 Å². The van der Waals surface area contributed by atoms with Crippen LogP contribution in [0.3, 0.4) is 0 Å². The topological polar surface area (TPSA) is 32.3 Å². The molecule has 0 saturated heterocycles. The molecule has 0 aromatic heterocycles. The van der Waals surface area contributed by atoms with Crippen LogP contribution in [0.5, 0.6) is 0 Å². The monoisotopic (exact) mass is 205 g/mol. The molecule has 0 fully saturated rings. The summed E-state index contributed by atoms with van der Waals surface area (Å²) in [5, 5.41) is 12.5. The average Bonchev–Trinajstić information content (AvgIpc) is 2.27. The minimum atomic E-state index is 0.505. The lowest BCUT2D eigenvalue weighted by atomic mass is 10.1. The molecule has 0 aromatic carbocycles. The Morgan fingerprint density at radius 2 is 2.27 bits per heavy atom. The van der Waals surface area contributed by atoms with Gasteiger partial charge in [0.25, 0.3) is 0 Å². The van der Waals surface area contributed by atoms with Crippen molar-refractivity contribution in [3.63, 3.8) is 0 Å². The molecule has 1 aliphatic carbocycles. The molecule has 0 aliphatic heterocycles. The first-order chi connectivity index (χ1) is 7.33. The average molecular weight is 205 g/mol. The van der Waals surface area contributed by atoms with Crippen molar-refractivity contribution in [2.24, 2.45) is 0 Å². The summed E-state index contributed by atoms with van der Waals surface area (Å²) in [7, 11) is 0. The number of aliphatic hydroxyl groups is 1. The van der Waals surface area contributed by atoms with E-state index >= 15 is 0 Å². The van der Waals surface area contributed by atoms with E-state index in [0.717, 1.165) is 25.9 Å². The molecule has 0 saturated carbocycles. The molecule has 0 radical (unpaired) electrons. The van der Waals surface area contributed by atoms with E-state index in [0.29, 0.717) is 5.76 Å². The lowest BCUT2D eigenvalue weighted by Gasteiger charge is -2.09. The van der Waals surface area contributed by atoms with Gasteiger partial charge in [0.2, 0.25) is 0 Å². The van der Waals surface area contributed by atoms with Crippen molar-refractivity contribution in [1.82, 2.24) is 5.32 Å². The SMILES string of the molecule is C#C.C/C=C/CNCC1=CCCC(O)=C1. The summed E-state index contributed by atoms with van der Waals surface area (Å²) in [6, 6.07) is 0. The lowest BCUT2D eigenvalue weighted by Crippen LogP contribution is -2.17. The lowest BCUT2D eigenvalue weighted by molar-refractivity contribution is 0.386. The molecule has 2 N–H and O–H groups in total. The van der Waals surface area contributed by atoms with Crippen molar-refractivity contribution in [3.8, 4) is 12.8 Å². The molecule has 1 rings (SSSR count). The van der Waals surface area contributed by atoms with Gasteiger partial charge in [-0.3, -0.25) is 0 Å². The van der Waals surface area contributed by atoms with Gasteiger partial charge in [0.1, 0.15) is 0 Å². The highest BCUT2D eigenvalue weighted by Gasteiger charge is 2.02. The molecule has 0 unspecified atom stereocenters. The highest BCUT2D eigenvalue weighted by Crippen LogP contribution is 2.13. The van der Waals surface area contributed by atoms with Crippen LogP contribution in [0.2, 0.25) is 0 Å². The Kier molecular flexibility index (Phi) is 8.22. The molecule has 0 aromatic rings. The van der Waals surface area contributed by atoms with E-state index < -0.39 is 0 Å². The van der Waals surface area contributed by atoms with Crippen LogP contribution in [-0.4, -0.2) is 18.2 Å². The van der Waals surface area contributed by atoms with Crippen molar-refractivity contribution in [2.75, 3.05) is 13.1 Å². The van der Waals surface area contributed by atoms with Crippen LogP contribution in [0.4, 0.5) is 0 Å². The summed E-state index contributed by atoms with van der Waals surface area (Å²) in [4.78, 5) is 0. The molecule has 0 atom stereocenters. The van der Waals surface area contributed by atoms with Crippen molar-refractivity contribution >= 4 is 0 Å². The van der Waals surface area contributed by atoms with E-state index in [4.69, 9.17) is 0 Å². The quantitative estimate of drug-likeness (QED) is 0.420. The fraction of sp³-hybridized carbons (Fsp3) is 0.385. The normalized spacial score (nSPS) is 15.1. The van der Waals surface area contributed by atoms with Crippen LogP contribution in [0, 0.1) is 12.8 Å². The van der Waals surface area contributed by atoms with Crippen LogP contribution >= 0.6 is 0 Å². The number of hydrogen-bond acceptors (Lipinski definition) is 2. The van der Waals surface area contributed by atoms with Crippen molar-refractivity contribution in [2.45, 2.75) is 19.8 Å². The van der Waals surface area contributed by atoms with E-state index in [-0.39, 0.29) is 0 Å². The van der Waals surface area contributed by atoms with Crippen molar-refractivity contribution in [3.05, 3.63) is 35.6 Å². The van der Waals surface area contributed by atoms with Gasteiger partial charge in [0.05, 0.1) is 5.76 Å². The third-order valence-electron chi connectivity index (χ3n) is 1.99. The largest absolute Gasteiger partial charge is 0.512 e. The van der Waals surface area contributed by atoms with E-state index in [2.05, 4.69) is 30.3 Å². The number of aliphatic hydroxyl groups excluding tert-OH is 1. The Labute approximate surface area is 92.4 Å². The van der Waals surface area contributed by atoms with Gasteiger partial charge in [-0.25, -0.2) is 0 Å². The number of rotatable bonds is 4. The number of allylic oxidation sites excluding steroid dienone is 3. The zero-order valence-corrected chi connectivity index (χ0v) is 9.24. The van der Waals surface area contributed by atoms with E-state index in [9.17, 15) is 5.11 Å². The Balaban J connectivity index is 0.000000921. The number of hydrogen-bond donors (Lipinski definition) is 2. The zero-order chi connectivity index (χ0) is 11.5. The first-order valence-electron chi connectivity index (χ1n) is 5.06. The highest BCUT2D eigenvalue weighted by atomic mass is 16.3. The Morgan fingerprint density at radius 3 is 2.87 bits per heavy atom. The van der Waals surface area contributed by atoms with Crippen LogP contribution < -0.4 is 5.32 Å². The molecule has 0 bridgehead atoms. The van der Waals surface area contributed by atoms with E-state index in [1.165, 1.54) is 5.57 Å². The molecule has 0 heterocycles. The summed E-state index contributed by atoms with van der Waals surface area (Å²) in [5.74, 6) is 0.505. The summed E-state index contributed by atoms with van der Waals surface area (Å²) in [6.07, 6.45) is 17.9. The fourth-order valence-corrected chi connectivity index (χ4v) is 1.29. The second-order valence-corrected chi connectivity index (χ2v) is 3.15. The predicted octanol–water partition coefficient (Wildman–Crippen LogP) is 2.56. The third-order valence-corrected chi connectivity index (χ3v) is 1.99. The Bertz CT molecular complexity index is 272. The molecule has 15 heavy (non-hydrogen) atoms. The van der Waals surface area contributed by atoms with Gasteiger partial charge in [0, 0.05) is 19.5 Å². The zero-order valence-electron chi connectivity index (χ0n) is 9.24.